The second-order valence-electron chi connectivity index (χ2n) is 7.58. The highest BCUT2D eigenvalue weighted by Gasteiger charge is 2.29. The van der Waals surface area contributed by atoms with E-state index in [0.717, 1.165) is 23.1 Å². The van der Waals surface area contributed by atoms with Gasteiger partial charge in [-0.2, -0.15) is 0 Å². The van der Waals surface area contributed by atoms with E-state index in [1.165, 1.54) is 25.7 Å². The largest absolute Gasteiger partial charge is 0.454 e. The molecule has 0 saturated heterocycles. The van der Waals surface area contributed by atoms with Gasteiger partial charge in [0.2, 0.25) is 6.79 Å². The molecule has 0 atom stereocenters. The van der Waals surface area contributed by atoms with E-state index < -0.39 is 0 Å². The topological polar surface area (TPSA) is 42.5 Å². The summed E-state index contributed by atoms with van der Waals surface area (Å²) in [5, 5.41) is 7.38. The molecule has 0 radical (unpaired) electrons. The van der Waals surface area contributed by atoms with Crippen LogP contribution in [0.1, 0.15) is 46.5 Å². The van der Waals surface area contributed by atoms with Crippen molar-refractivity contribution in [2.75, 3.05) is 12.1 Å². The zero-order valence-corrected chi connectivity index (χ0v) is 15.0. The minimum atomic E-state index is 0.290. The van der Waals surface area contributed by atoms with E-state index in [4.69, 9.17) is 21.7 Å². The zero-order valence-electron chi connectivity index (χ0n) is 14.1. The highest BCUT2D eigenvalue weighted by Crippen LogP contribution is 2.38. The normalized spacial score (nSPS) is 23.4. The van der Waals surface area contributed by atoms with Gasteiger partial charge in [-0.05, 0) is 61.4 Å². The van der Waals surface area contributed by atoms with Crippen LogP contribution < -0.4 is 20.1 Å². The Morgan fingerprint density at radius 1 is 1.09 bits per heavy atom. The van der Waals surface area contributed by atoms with Gasteiger partial charge in [0.25, 0.3) is 0 Å². The first kappa shape index (κ1) is 16.4. The SMILES string of the molecule is CC(C)(C)C1CCC(NC(=S)Nc2ccc3c(c2)OCO3)CC1. The van der Waals surface area contributed by atoms with Crippen LogP contribution in [0.2, 0.25) is 0 Å². The van der Waals surface area contributed by atoms with Crippen molar-refractivity contribution in [2.45, 2.75) is 52.5 Å². The lowest BCUT2D eigenvalue weighted by atomic mass is 9.71. The van der Waals surface area contributed by atoms with Gasteiger partial charge in [-0.1, -0.05) is 20.8 Å². The lowest BCUT2D eigenvalue weighted by molar-refractivity contribution is 0.166. The van der Waals surface area contributed by atoms with Gasteiger partial charge in [0.05, 0.1) is 0 Å². The average molecular weight is 334 g/mol. The summed E-state index contributed by atoms with van der Waals surface area (Å²) in [4.78, 5) is 0. The van der Waals surface area contributed by atoms with E-state index in [2.05, 4.69) is 31.4 Å². The molecule has 4 nitrogen and oxygen atoms in total. The number of hydrogen-bond acceptors (Lipinski definition) is 3. The number of thiocarbonyl (C=S) groups is 1. The van der Waals surface area contributed by atoms with Gasteiger partial charge in [-0.25, -0.2) is 0 Å². The maximum Gasteiger partial charge on any atom is 0.231 e. The number of hydrogen-bond donors (Lipinski definition) is 2. The molecule has 23 heavy (non-hydrogen) atoms. The summed E-state index contributed by atoms with van der Waals surface area (Å²) in [5.41, 5.74) is 1.34. The first-order valence-electron chi connectivity index (χ1n) is 8.39. The second kappa shape index (κ2) is 6.56. The van der Waals surface area contributed by atoms with Crippen molar-refractivity contribution >= 4 is 23.0 Å². The molecule has 1 aromatic carbocycles. The molecule has 1 saturated carbocycles. The Kier molecular flexibility index (Phi) is 4.67. The van der Waals surface area contributed by atoms with Crippen LogP contribution in [0.3, 0.4) is 0 Å². The fourth-order valence-corrected chi connectivity index (χ4v) is 3.72. The van der Waals surface area contributed by atoms with Gasteiger partial charge in [0, 0.05) is 17.8 Å². The maximum absolute atomic E-state index is 5.45. The lowest BCUT2D eigenvalue weighted by Gasteiger charge is -2.37. The molecule has 0 bridgehead atoms. The third kappa shape index (κ3) is 4.08. The van der Waals surface area contributed by atoms with Gasteiger partial charge in [-0.3, -0.25) is 0 Å². The Balaban J connectivity index is 1.49. The Hall–Kier alpha value is -1.49. The number of fused-ring (bicyclic) bond motifs is 1. The van der Waals surface area contributed by atoms with Crippen molar-refractivity contribution in [1.82, 2.24) is 5.32 Å². The summed E-state index contributed by atoms with van der Waals surface area (Å²) < 4.78 is 10.7. The molecule has 0 aromatic heterocycles. The molecule has 2 aliphatic rings. The fourth-order valence-electron chi connectivity index (χ4n) is 3.43. The summed E-state index contributed by atoms with van der Waals surface area (Å²) in [6.07, 6.45) is 4.91. The molecule has 3 rings (SSSR count). The smallest absolute Gasteiger partial charge is 0.231 e. The third-order valence-corrected chi connectivity index (χ3v) is 5.14. The van der Waals surface area contributed by atoms with E-state index in [9.17, 15) is 0 Å². The predicted molar refractivity (Wildman–Crippen MR) is 97.1 cm³/mol. The van der Waals surface area contributed by atoms with Crippen molar-refractivity contribution in [1.29, 1.82) is 0 Å². The quantitative estimate of drug-likeness (QED) is 0.789. The summed E-state index contributed by atoms with van der Waals surface area (Å²) in [6.45, 7) is 7.32. The van der Waals surface area contributed by atoms with Crippen LogP contribution in [-0.2, 0) is 0 Å². The second-order valence-corrected chi connectivity index (χ2v) is 7.99. The van der Waals surface area contributed by atoms with Crippen molar-refractivity contribution in [3.8, 4) is 11.5 Å². The van der Waals surface area contributed by atoms with E-state index >= 15 is 0 Å². The van der Waals surface area contributed by atoms with E-state index in [1.54, 1.807) is 0 Å². The van der Waals surface area contributed by atoms with Crippen LogP contribution in [0.5, 0.6) is 11.5 Å². The zero-order chi connectivity index (χ0) is 16.4. The standard InChI is InChI=1S/C18H26N2O2S/c1-18(2,3)12-4-6-13(7-5-12)19-17(23)20-14-8-9-15-16(10-14)22-11-21-15/h8-10,12-13H,4-7,11H2,1-3H3,(H2,19,20,23). The van der Waals surface area contributed by atoms with Gasteiger partial charge in [0.15, 0.2) is 16.6 Å². The van der Waals surface area contributed by atoms with Crippen LogP contribution in [0.25, 0.3) is 0 Å². The predicted octanol–water partition coefficient (Wildman–Crippen LogP) is 4.31. The third-order valence-electron chi connectivity index (χ3n) is 4.92. The molecule has 0 spiro atoms. The highest BCUT2D eigenvalue weighted by molar-refractivity contribution is 7.80. The van der Waals surface area contributed by atoms with Gasteiger partial charge >= 0.3 is 0 Å². The molecule has 0 unspecified atom stereocenters. The number of nitrogens with one attached hydrogen (secondary N) is 2. The van der Waals surface area contributed by atoms with Crippen molar-refractivity contribution < 1.29 is 9.47 Å². The summed E-state index contributed by atoms with van der Waals surface area (Å²) in [5.74, 6) is 2.37. The molecule has 126 valence electrons. The number of rotatable bonds is 2. The lowest BCUT2D eigenvalue weighted by Crippen LogP contribution is -2.41. The molecule has 5 heteroatoms. The first-order valence-corrected chi connectivity index (χ1v) is 8.80. The highest BCUT2D eigenvalue weighted by atomic mass is 32.1. The van der Waals surface area contributed by atoms with Crippen LogP contribution in [-0.4, -0.2) is 17.9 Å². The van der Waals surface area contributed by atoms with Crippen LogP contribution in [0, 0.1) is 11.3 Å². The van der Waals surface area contributed by atoms with E-state index in [1.807, 2.05) is 18.2 Å². The maximum atomic E-state index is 5.45. The number of ether oxygens (including phenoxy) is 2. The molecule has 1 fully saturated rings. The minimum Gasteiger partial charge on any atom is -0.454 e. The van der Waals surface area contributed by atoms with Crippen LogP contribution in [0.15, 0.2) is 18.2 Å². The number of benzene rings is 1. The monoisotopic (exact) mass is 334 g/mol. The molecule has 1 aliphatic heterocycles. The van der Waals surface area contributed by atoms with Crippen LogP contribution in [0.4, 0.5) is 5.69 Å². The Bertz CT molecular complexity index is 575. The van der Waals surface area contributed by atoms with Gasteiger partial charge in [0.1, 0.15) is 0 Å². The summed E-state index contributed by atoms with van der Waals surface area (Å²) >= 11 is 5.45. The molecule has 1 aromatic rings. The first-order chi connectivity index (χ1) is 10.9. The average Bonchev–Trinajstić information content (AvgIpc) is 2.94. The Labute approximate surface area is 143 Å². The molecule has 0 amide bonds. The van der Waals surface area contributed by atoms with Crippen LogP contribution >= 0.6 is 12.2 Å². The van der Waals surface area contributed by atoms with Gasteiger partial charge in [-0.15, -0.1) is 0 Å². The van der Waals surface area contributed by atoms with Gasteiger partial charge < -0.3 is 20.1 Å². The summed E-state index contributed by atoms with van der Waals surface area (Å²) in [6, 6.07) is 6.26. The van der Waals surface area contributed by atoms with Crippen molar-refractivity contribution in [3.63, 3.8) is 0 Å². The molecular weight excluding hydrogens is 308 g/mol. The van der Waals surface area contributed by atoms with Crippen molar-refractivity contribution in [3.05, 3.63) is 18.2 Å². The molecule has 2 N–H and O–H groups in total. The Morgan fingerprint density at radius 2 is 1.78 bits per heavy atom. The molecular formula is C18H26N2O2S. The fraction of sp³-hybridized carbons (Fsp3) is 0.611. The summed E-state index contributed by atoms with van der Waals surface area (Å²) in [7, 11) is 0. The van der Waals surface area contributed by atoms with E-state index in [0.29, 0.717) is 23.4 Å². The van der Waals surface area contributed by atoms with E-state index in [-0.39, 0.29) is 0 Å². The van der Waals surface area contributed by atoms with Crippen molar-refractivity contribution in [2.24, 2.45) is 11.3 Å². The number of anilines is 1. The molecule has 1 heterocycles. The Morgan fingerprint density at radius 3 is 2.48 bits per heavy atom. The molecule has 1 aliphatic carbocycles. The minimum absolute atomic E-state index is 0.290.